The van der Waals surface area contributed by atoms with Gasteiger partial charge in [0, 0.05) is 24.4 Å². The molecule has 1 saturated heterocycles. The first-order chi connectivity index (χ1) is 13.5. The van der Waals surface area contributed by atoms with Crippen molar-refractivity contribution in [3.05, 3.63) is 54.1 Å². The van der Waals surface area contributed by atoms with Crippen molar-refractivity contribution >= 4 is 21.6 Å². The summed E-state index contributed by atoms with van der Waals surface area (Å²) < 4.78 is 38.5. The molecule has 0 radical (unpaired) electrons. The van der Waals surface area contributed by atoms with E-state index >= 15 is 0 Å². The van der Waals surface area contributed by atoms with Crippen LogP contribution in [-0.4, -0.2) is 40.2 Å². The van der Waals surface area contributed by atoms with Crippen LogP contribution in [0, 0.1) is 0 Å². The van der Waals surface area contributed by atoms with E-state index in [1.54, 1.807) is 30.3 Å². The predicted molar refractivity (Wildman–Crippen MR) is 106 cm³/mol. The van der Waals surface area contributed by atoms with Crippen molar-refractivity contribution in [1.29, 1.82) is 0 Å². The van der Waals surface area contributed by atoms with Crippen LogP contribution < -0.4 is 14.8 Å². The highest BCUT2D eigenvalue weighted by Crippen LogP contribution is 2.20. The van der Waals surface area contributed by atoms with E-state index in [-0.39, 0.29) is 16.9 Å². The van der Waals surface area contributed by atoms with Gasteiger partial charge >= 0.3 is 0 Å². The zero-order chi connectivity index (χ0) is 20.0. The van der Waals surface area contributed by atoms with Gasteiger partial charge < -0.3 is 14.8 Å². The molecule has 1 atom stereocenters. The summed E-state index contributed by atoms with van der Waals surface area (Å²) in [4.78, 5) is 12.4. The van der Waals surface area contributed by atoms with Crippen LogP contribution in [0.25, 0.3) is 0 Å². The number of carbonyl (C=O) groups is 1. The minimum absolute atomic E-state index is 0.0466. The van der Waals surface area contributed by atoms with E-state index in [4.69, 9.17) is 9.47 Å². The molecular weight excluding hydrogens is 380 g/mol. The molecule has 2 aromatic carbocycles. The predicted octanol–water partition coefficient (Wildman–Crippen LogP) is 2.79. The number of benzene rings is 2. The monoisotopic (exact) mass is 404 g/mol. The number of amides is 1. The van der Waals surface area contributed by atoms with Gasteiger partial charge in [-0.05, 0) is 62.2 Å². The van der Waals surface area contributed by atoms with Crippen LogP contribution in [0.5, 0.6) is 5.75 Å². The van der Waals surface area contributed by atoms with E-state index in [2.05, 4.69) is 10.0 Å². The second-order valence-corrected chi connectivity index (χ2v) is 8.12. The Kier molecular flexibility index (Phi) is 6.53. The van der Waals surface area contributed by atoms with E-state index < -0.39 is 10.0 Å². The van der Waals surface area contributed by atoms with Crippen molar-refractivity contribution in [3.8, 4) is 5.75 Å². The van der Waals surface area contributed by atoms with Crippen LogP contribution in [0.4, 0.5) is 5.69 Å². The fourth-order valence-corrected chi connectivity index (χ4v) is 3.98. The molecule has 0 saturated carbocycles. The van der Waals surface area contributed by atoms with Gasteiger partial charge in [-0.1, -0.05) is 6.07 Å². The molecule has 0 aromatic heterocycles. The Labute approximate surface area is 165 Å². The summed E-state index contributed by atoms with van der Waals surface area (Å²) in [6, 6.07) is 12.5. The molecule has 8 heteroatoms. The third kappa shape index (κ3) is 5.24. The van der Waals surface area contributed by atoms with Gasteiger partial charge in [-0.2, -0.15) is 0 Å². The third-order valence-electron chi connectivity index (χ3n) is 4.34. The molecule has 1 aliphatic heterocycles. The summed E-state index contributed by atoms with van der Waals surface area (Å²) in [5.74, 6) is 0.337. The maximum Gasteiger partial charge on any atom is 0.261 e. The zero-order valence-electron chi connectivity index (χ0n) is 15.7. The molecule has 1 aliphatic rings. The van der Waals surface area contributed by atoms with Gasteiger partial charge in [-0.25, -0.2) is 8.42 Å². The van der Waals surface area contributed by atoms with E-state index in [0.29, 0.717) is 30.2 Å². The lowest BCUT2D eigenvalue weighted by atomic mass is 10.2. The number of hydrogen-bond donors (Lipinski definition) is 2. The van der Waals surface area contributed by atoms with Crippen LogP contribution in [0.2, 0.25) is 0 Å². The van der Waals surface area contributed by atoms with Gasteiger partial charge in [-0.15, -0.1) is 0 Å². The van der Waals surface area contributed by atoms with Gasteiger partial charge in [0.25, 0.3) is 15.9 Å². The first-order valence-corrected chi connectivity index (χ1v) is 10.7. The highest BCUT2D eigenvalue weighted by Gasteiger charge is 2.18. The van der Waals surface area contributed by atoms with E-state index in [1.165, 1.54) is 18.2 Å². The first-order valence-electron chi connectivity index (χ1n) is 9.23. The van der Waals surface area contributed by atoms with E-state index in [9.17, 15) is 13.2 Å². The molecule has 0 spiro atoms. The topological polar surface area (TPSA) is 93.7 Å². The zero-order valence-corrected chi connectivity index (χ0v) is 16.5. The Balaban J connectivity index is 1.66. The number of anilines is 1. The maximum atomic E-state index is 12.6. The lowest BCUT2D eigenvalue weighted by molar-refractivity contribution is 0.0858. The van der Waals surface area contributed by atoms with Crippen molar-refractivity contribution in [2.45, 2.75) is 30.8 Å². The second kappa shape index (κ2) is 9.07. The molecule has 7 nitrogen and oxygen atoms in total. The summed E-state index contributed by atoms with van der Waals surface area (Å²) in [7, 11) is -3.77. The molecule has 0 aliphatic carbocycles. The fraction of sp³-hybridized carbons (Fsp3) is 0.350. The Morgan fingerprint density at radius 2 is 2.00 bits per heavy atom. The Bertz CT molecular complexity index is 906. The van der Waals surface area contributed by atoms with Gasteiger partial charge in [0.05, 0.1) is 17.6 Å². The van der Waals surface area contributed by atoms with Crippen LogP contribution in [0.1, 0.15) is 30.1 Å². The number of hydrogen-bond acceptors (Lipinski definition) is 5. The van der Waals surface area contributed by atoms with Gasteiger partial charge in [0.1, 0.15) is 5.75 Å². The van der Waals surface area contributed by atoms with Crippen LogP contribution >= 0.6 is 0 Å². The molecule has 0 bridgehead atoms. The Morgan fingerprint density at radius 1 is 1.21 bits per heavy atom. The molecule has 1 heterocycles. The lowest BCUT2D eigenvalue weighted by Crippen LogP contribution is -2.31. The van der Waals surface area contributed by atoms with Crippen molar-refractivity contribution in [1.82, 2.24) is 5.32 Å². The Hall–Kier alpha value is -2.58. The highest BCUT2D eigenvalue weighted by atomic mass is 32.2. The smallest absolute Gasteiger partial charge is 0.261 e. The summed E-state index contributed by atoms with van der Waals surface area (Å²) >= 11 is 0. The van der Waals surface area contributed by atoms with Gasteiger partial charge in [-0.3, -0.25) is 9.52 Å². The summed E-state index contributed by atoms with van der Waals surface area (Å²) in [6.07, 6.45) is 1.98. The first kappa shape index (κ1) is 20.2. The van der Waals surface area contributed by atoms with E-state index in [0.717, 1.165) is 19.4 Å². The van der Waals surface area contributed by atoms with Crippen molar-refractivity contribution in [2.75, 3.05) is 24.5 Å². The molecule has 2 aromatic rings. The minimum Gasteiger partial charge on any atom is -0.494 e. The highest BCUT2D eigenvalue weighted by molar-refractivity contribution is 7.92. The maximum absolute atomic E-state index is 12.6. The summed E-state index contributed by atoms with van der Waals surface area (Å²) in [5, 5.41) is 2.83. The third-order valence-corrected chi connectivity index (χ3v) is 5.73. The molecule has 28 heavy (non-hydrogen) atoms. The van der Waals surface area contributed by atoms with E-state index in [1.807, 2.05) is 6.92 Å². The molecule has 3 rings (SSSR count). The summed E-state index contributed by atoms with van der Waals surface area (Å²) in [5.41, 5.74) is 0.698. The Morgan fingerprint density at radius 3 is 2.68 bits per heavy atom. The second-order valence-electron chi connectivity index (χ2n) is 6.44. The SMILES string of the molecule is CCOc1ccc(S(=O)(=O)Nc2cccc(C(=O)NC[C@@H]3CCCO3)c2)cc1. The number of nitrogens with one attached hydrogen (secondary N) is 2. The average Bonchev–Trinajstić information content (AvgIpc) is 3.20. The van der Waals surface area contributed by atoms with Gasteiger partial charge in [0.2, 0.25) is 0 Å². The number of rotatable bonds is 8. The normalized spacial score (nSPS) is 16.5. The largest absolute Gasteiger partial charge is 0.494 e. The number of ether oxygens (including phenoxy) is 2. The average molecular weight is 404 g/mol. The molecule has 1 amide bonds. The molecule has 150 valence electrons. The quantitative estimate of drug-likeness (QED) is 0.706. The van der Waals surface area contributed by atoms with Crippen molar-refractivity contribution in [3.63, 3.8) is 0 Å². The minimum atomic E-state index is -3.77. The molecule has 2 N–H and O–H groups in total. The fourth-order valence-electron chi connectivity index (χ4n) is 2.93. The standard InChI is InChI=1S/C20H24N2O5S/c1-2-26-17-8-10-19(11-9-17)28(24,25)22-16-6-3-5-15(13-16)20(23)21-14-18-7-4-12-27-18/h3,5-6,8-11,13,18,22H,2,4,7,12,14H2,1H3,(H,21,23)/t18-/m0/s1. The molecule has 1 fully saturated rings. The summed E-state index contributed by atoms with van der Waals surface area (Å²) in [6.45, 7) is 3.53. The van der Waals surface area contributed by atoms with Gasteiger partial charge in [0.15, 0.2) is 0 Å². The van der Waals surface area contributed by atoms with Crippen molar-refractivity contribution in [2.24, 2.45) is 0 Å². The molecular formula is C20H24N2O5S. The number of sulfonamides is 1. The van der Waals surface area contributed by atoms with Crippen LogP contribution in [0.15, 0.2) is 53.4 Å². The number of carbonyl (C=O) groups excluding carboxylic acids is 1. The molecule has 0 unspecified atom stereocenters. The lowest BCUT2D eigenvalue weighted by Gasteiger charge is -2.12. The van der Waals surface area contributed by atoms with Crippen molar-refractivity contribution < 1.29 is 22.7 Å². The van der Waals surface area contributed by atoms with Crippen LogP contribution in [0.3, 0.4) is 0 Å². The van der Waals surface area contributed by atoms with Crippen LogP contribution in [-0.2, 0) is 14.8 Å².